The molecule has 0 heterocycles. The Kier molecular flexibility index (Phi) is 3.08. The molecule has 0 saturated carbocycles. The third-order valence-corrected chi connectivity index (χ3v) is 1.63. The summed E-state index contributed by atoms with van der Waals surface area (Å²) < 4.78 is 0. The van der Waals surface area contributed by atoms with Gasteiger partial charge in [0.25, 0.3) is 0 Å². The maximum absolute atomic E-state index is 10.3. The third kappa shape index (κ3) is 2.62. The number of benzene rings is 1. The topological polar surface area (TPSA) is 72.6 Å². The van der Waals surface area contributed by atoms with Gasteiger partial charge in [0.2, 0.25) is 6.54 Å². The van der Waals surface area contributed by atoms with Crippen LogP contribution >= 0.6 is 0 Å². The van der Waals surface area contributed by atoms with Gasteiger partial charge in [-0.15, -0.1) is 4.91 Å². The first-order valence-corrected chi connectivity index (χ1v) is 3.73. The minimum atomic E-state index is -0.879. The standard InChI is InChI=1S/C8H8N2O3/c11-9-8(6-10(12)13)7-4-2-1-3-5-7/h1-5,8H,6H2. The van der Waals surface area contributed by atoms with Gasteiger partial charge in [-0.3, -0.25) is 10.1 Å². The largest absolute Gasteiger partial charge is 0.264 e. The molecule has 1 atom stereocenters. The van der Waals surface area contributed by atoms with Gasteiger partial charge < -0.3 is 0 Å². The maximum Gasteiger partial charge on any atom is 0.233 e. The molecule has 5 nitrogen and oxygen atoms in total. The molecule has 0 aliphatic rings. The normalized spacial score (nSPS) is 12.0. The summed E-state index contributed by atoms with van der Waals surface area (Å²) in [5.74, 6) is 0. The Labute approximate surface area is 74.5 Å². The van der Waals surface area contributed by atoms with Crippen molar-refractivity contribution in [2.24, 2.45) is 5.18 Å². The molecule has 0 spiro atoms. The molecule has 0 aromatic heterocycles. The molecule has 0 amide bonds. The van der Waals surface area contributed by atoms with Crippen molar-refractivity contribution in [2.75, 3.05) is 6.54 Å². The van der Waals surface area contributed by atoms with E-state index in [9.17, 15) is 15.0 Å². The van der Waals surface area contributed by atoms with Crippen LogP contribution in [0.4, 0.5) is 0 Å². The summed E-state index contributed by atoms with van der Waals surface area (Å²) in [5, 5.41) is 12.9. The third-order valence-electron chi connectivity index (χ3n) is 1.63. The van der Waals surface area contributed by atoms with Gasteiger partial charge in [0.1, 0.15) is 0 Å². The van der Waals surface area contributed by atoms with E-state index < -0.39 is 17.5 Å². The fourth-order valence-electron chi connectivity index (χ4n) is 1.02. The maximum atomic E-state index is 10.3. The van der Waals surface area contributed by atoms with Crippen molar-refractivity contribution in [3.63, 3.8) is 0 Å². The Balaban J connectivity index is 2.78. The monoisotopic (exact) mass is 180 g/mol. The van der Waals surface area contributed by atoms with Crippen molar-refractivity contribution < 1.29 is 4.92 Å². The van der Waals surface area contributed by atoms with E-state index in [0.29, 0.717) is 5.56 Å². The van der Waals surface area contributed by atoms with Crippen molar-refractivity contribution in [1.82, 2.24) is 0 Å². The average Bonchev–Trinajstić information content (AvgIpc) is 2.15. The van der Waals surface area contributed by atoms with Gasteiger partial charge in [-0.25, -0.2) is 0 Å². The molecule has 68 valence electrons. The summed E-state index contributed by atoms with van der Waals surface area (Å²) in [6.45, 7) is -0.451. The predicted molar refractivity (Wildman–Crippen MR) is 46.8 cm³/mol. The van der Waals surface area contributed by atoms with E-state index in [1.807, 2.05) is 0 Å². The second-order valence-corrected chi connectivity index (χ2v) is 2.55. The van der Waals surface area contributed by atoms with E-state index in [1.165, 1.54) is 0 Å². The van der Waals surface area contributed by atoms with Crippen molar-refractivity contribution in [3.05, 3.63) is 50.9 Å². The molecule has 1 rings (SSSR count). The van der Waals surface area contributed by atoms with Crippen LogP contribution in [0.15, 0.2) is 35.5 Å². The van der Waals surface area contributed by atoms with Gasteiger partial charge in [0.05, 0.1) is 0 Å². The average molecular weight is 180 g/mol. The number of nitrogens with zero attached hydrogens (tertiary/aromatic N) is 2. The summed E-state index contributed by atoms with van der Waals surface area (Å²) in [6, 6.07) is 7.63. The van der Waals surface area contributed by atoms with E-state index in [2.05, 4.69) is 5.18 Å². The fraction of sp³-hybridized carbons (Fsp3) is 0.250. The molecule has 1 unspecified atom stereocenters. The molecule has 1 aromatic carbocycles. The summed E-state index contributed by atoms with van der Waals surface area (Å²) in [6.07, 6.45) is 0. The molecule has 0 fully saturated rings. The minimum Gasteiger partial charge on any atom is -0.264 e. The van der Waals surface area contributed by atoms with Gasteiger partial charge in [-0.1, -0.05) is 35.5 Å². The van der Waals surface area contributed by atoms with Crippen LogP contribution in [-0.4, -0.2) is 11.5 Å². The van der Waals surface area contributed by atoms with Crippen molar-refractivity contribution >= 4 is 0 Å². The van der Waals surface area contributed by atoms with E-state index in [1.54, 1.807) is 30.3 Å². The summed E-state index contributed by atoms with van der Waals surface area (Å²) in [7, 11) is 0. The smallest absolute Gasteiger partial charge is 0.233 e. The van der Waals surface area contributed by atoms with Crippen LogP contribution in [0.1, 0.15) is 11.6 Å². The minimum absolute atomic E-state index is 0.451. The number of hydrogen-bond donors (Lipinski definition) is 0. The Morgan fingerprint density at radius 2 is 2.00 bits per heavy atom. The highest BCUT2D eigenvalue weighted by molar-refractivity contribution is 5.18. The first-order chi connectivity index (χ1) is 6.24. The van der Waals surface area contributed by atoms with E-state index >= 15 is 0 Å². The lowest BCUT2D eigenvalue weighted by atomic mass is 10.1. The quantitative estimate of drug-likeness (QED) is 0.402. The lowest BCUT2D eigenvalue weighted by molar-refractivity contribution is -0.483. The molecule has 0 bridgehead atoms. The molecular formula is C8H8N2O3. The van der Waals surface area contributed by atoms with Crippen LogP contribution in [-0.2, 0) is 0 Å². The number of nitro groups is 1. The molecule has 0 saturated heterocycles. The fourth-order valence-corrected chi connectivity index (χ4v) is 1.02. The van der Waals surface area contributed by atoms with Crippen molar-refractivity contribution in [2.45, 2.75) is 6.04 Å². The van der Waals surface area contributed by atoms with Crippen LogP contribution in [0.2, 0.25) is 0 Å². The van der Waals surface area contributed by atoms with E-state index in [4.69, 9.17) is 0 Å². The number of nitroso groups, excluding NO2 is 1. The summed E-state index contributed by atoms with van der Waals surface area (Å²) in [4.78, 5) is 19.9. The van der Waals surface area contributed by atoms with Gasteiger partial charge in [-0.05, 0) is 5.56 Å². The predicted octanol–water partition coefficient (Wildman–Crippen LogP) is 1.77. The van der Waals surface area contributed by atoms with Crippen LogP contribution in [0.5, 0.6) is 0 Å². The van der Waals surface area contributed by atoms with Gasteiger partial charge in [-0.2, -0.15) is 0 Å². The molecule has 0 radical (unpaired) electrons. The molecule has 0 aliphatic carbocycles. The first kappa shape index (κ1) is 9.31. The first-order valence-electron chi connectivity index (χ1n) is 3.73. The molecule has 0 N–H and O–H groups in total. The molecular weight excluding hydrogens is 172 g/mol. The Morgan fingerprint density at radius 1 is 1.38 bits per heavy atom. The number of hydrogen-bond acceptors (Lipinski definition) is 4. The van der Waals surface area contributed by atoms with Gasteiger partial charge in [0.15, 0.2) is 6.04 Å². The zero-order valence-corrected chi connectivity index (χ0v) is 6.79. The molecule has 1 aromatic rings. The van der Waals surface area contributed by atoms with Crippen molar-refractivity contribution in [1.29, 1.82) is 0 Å². The zero-order chi connectivity index (χ0) is 9.68. The van der Waals surface area contributed by atoms with Crippen LogP contribution < -0.4 is 0 Å². The lowest BCUT2D eigenvalue weighted by Crippen LogP contribution is -2.09. The SMILES string of the molecule is O=NC(C[N+](=O)[O-])c1ccccc1. The van der Waals surface area contributed by atoms with E-state index in [0.717, 1.165) is 0 Å². The van der Waals surface area contributed by atoms with Gasteiger partial charge >= 0.3 is 0 Å². The zero-order valence-electron chi connectivity index (χ0n) is 6.79. The highest BCUT2D eigenvalue weighted by Gasteiger charge is 2.17. The van der Waals surface area contributed by atoms with Crippen LogP contribution in [0.25, 0.3) is 0 Å². The Bertz CT molecular complexity index is 300. The Morgan fingerprint density at radius 3 is 2.46 bits per heavy atom. The second-order valence-electron chi connectivity index (χ2n) is 2.55. The Hall–Kier alpha value is -1.78. The van der Waals surface area contributed by atoms with Crippen molar-refractivity contribution in [3.8, 4) is 0 Å². The summed E-state index contributed by atoms with van der Waals surface area (Å²) >= 11 is 0. The highest BCUT2D eigenvalue weighted by atomic mass is 16.6. The molecule has 5 heteroatoms. The van der Waals surface area contributed by atoms with Gasteiger partial charge in [0, 0.05) is 4.92 Å². The lowest BCUT2D eigenvalue weighted by Gasteiger charge is -2.02. The van der Waals surface area contributed by atoms with Crippen LogP contribution in [0.3, 0.4) is 0 Å². The number of rotatable bonds is 4. The second kappa shape index (κ2) is 4.30. The highest BCUT2D eigenvalue weighted by Crippen LogP contribution is 2.16. The molecule has 0 aliphatic heterocycles. The molecule has 13 heavy (non-hydrogen) atoms. The van der Waals surface area contributed by atoms with E-state index in [-0.39, 0.29) is 0 Å². The van der Waals surface area contributed by atoms with Crippen LogP contribution in [0, 0.1) is 15.0 Å². The summed E-state index contributed by atoms with van der Waals surface area (Å²) in [5.41, 5.74) is 0.578.